The first kappa shape index (κ1) is 11.1. The summed E-state index contributed by atoms with van der Waals surface area (Å²) in [6.45, 7) is 1.85. The van der Waals surface area contributed by atoms with E-state index in [0.29, 0.717) is 0 Å². The highest BCUT2D eigenvalue weighted by atomic mass is 16.2. The van der Waals surface area contributed by atoms with Crippen molar-refractivity contribution in [2.75, 3.05) is 5.32 Å². The highest BCUT2D eigenvalue weighted by Crippen LogP contribution is 2.07. The summed E-state index contributed by atoms with van der Waals surface area (Å²) in [6.07, 6.45) is 4.81. The van der Waals surface area contributed by atoms with Crippen LogP contribution >= 0.6 is 0 Å². The minimum Gasteiger partial charge on any atom is -0.319 e. The van der Waals surface area contributed by atoms with Gasteiger partial charge in [0.1, 0.15) is 6.33 Å². The summed E-state index contributed by atoms with van der Waals surface area (Å²) in [5.41, 5.74) is 0.729. The van der Waals surface area contributed by atoms with Crippen molar-refractivity contribution < 1.29 is 4.79 Å². The van der Waals surface area contributed by atoms with E-state index in [4.69, 9.17) is 0 Å². The molecule has 0 aliphatic heterocycles. The number of para-hydroxylation sites is 1. The summed E-state index contributed by atoms with van der Waals surface area (Å²) >= 11 is 0. The number of nitrogens with one attached hydrogen (secondary N) is 1. The molecule has 0 atom stereocenters. The molecule has 5 nitrogen and oxygen atoms in total. The Morgan fingerprint density at radius 1 is 1.35 bits per heavy atom. The smallest absolute Gasteiger partial charge is 0.293 e. The predicted octanol–water partition coefficient (Wildman–Crippen LogP) is 2.02. The van der Waals surface area contributed by atoms with E-state index < -0.39 is 0 Å². The SMILES string of the molecule is C/C=C/n1ncnc1C(=O)Nc1ccccc1. The Bertz CT molecular complexity index is 530. The summed E-state index contributed by atoms with van der Waals surface area (Å²) in [7, 11) is 0. The van der Waals surface area contributed by atoms with Crippen LogP contribution in [0.5, 0.6) is 0 Å². The number of aromatic nitrogens is 3. The van der Waals surface area contributed by atoms with E-state index in [1.807, 2.05) is 37.3 Å². The molecule has 0 unspecified atom stereocenters. The summed E-state index contributed by atoms with van der Waals surface area (Å²) in [5.74, 6) is -0.0289. The quantitative estimate of drug-likeness (QED) is 0.874. The maximum Gasteiger partial charge on any atom is 0.293 e. The van der Waals surface area contributed by atoms with Gasteiger partial charge in [-0.3, -0.25) is 4.79 Å². The first-order chi connectivity index (χ1) is 8.31. The first-order valence-corrected chi connectivity index (χ1v) is 5.20. The first-order valence-electron chi connectivity index (χ1n) is 5.20. The van der Waals surface area contributed by atoms with Crippen molar-refractivity contribution in [3.8, 4) is 0 Å². The molecule has 0 aliphatic carbocycles. The molecule has 0 aliphatic rings. The molecular formula is C12H12N4O. The molecule has 2 rings (SSSR count). The largest absolute Gasteiger partial charge is 0.319 e. The number of carbonyl (C=O) groups excluding carboxylic acids is 1. The van der Waals surface area contributed by atoms with Gasteiger partial charge in [0.25, 0.3) is 5.91 Å². The van der Waals surface area contributed by atoms with Crippen LogP contribution in [-0.4, -0.2) is 20.7 Å². The lowest BCUT2D eigenvalue weighted by Crippen LogP contribution is -2.16. The van der Waals surface area contributed by atoms with Crippen LogP contribution in [0.1, 0.15) is 17.5 Å². The number of nitrogens with zero attached hydrogens (tertiary/aromatic N) is 3. The van der Waals surface area contributed by atoms with E-state index in [0.717, 1.165) is 5.69 Å². The molecule has 0 spiro atoms. The normalized spacial score (nSPS) is 10.6. The second-order valence-electron chi connectivity index (χ2n) is 3.33. The second-order valence-corrected chi connectivity index (χ2v) is 3.33. The fraction of sp³-hybridized carbons (Fsp3) is 0.0833. The van der Waals surface area contributed by atoms with Crippen molar-refractivity contribution in [2.45, 2.75) is 6.92 Å². The number of amides is 1. The molecule has 0 bridgehead atoms. The average Bonchev–Trinajstić information content (AvgIpc) is 2.79. The molecule has 1 aromatic carbocycles. The Morgan fingerprint density at radius 3 is 2.82 bits per heavy atom. The Labute approximate surface area is 98.8 Å². The van der Waals surface area contributed by atoms with Gasteiger partial charge in [0.2, 0.25) is 5.82 Å². The van der Waals surface area contributed by atoms with Crippen LogP contribution in [0, 0.1) is 0 Å². The van der Waals surface area contributed by atoms with Gasteiger partial charge in [-0.25, -0.2) is 9.67 Å². The molecule has 2 aromatic rings. The molecule has 86 valence electrons. The van der Waals surface area contributed by atoms with Crippen molar-refractivity contribution in [3.63, 3.8) is 0 Å². The van der Waals surface area contributed by atoms with Crippen LogP contribution < -0.4 is 5.32 Å². The summed E-state index contributed by atoms with van der Waals surface area (Å²) in [5, 5.41) is 6.67. The van der Waals surface area contributed by atoms with Gasteiger partial charge in [-0.15, -0.1) is 0 Å². The third-order valence-corrected chi connectivity index (χ3v) is 2.10. The second kappa shape index (κ2) is 5.07. The van der Waals surface area contributed by atoms with Crippen molar-refractivity contribution in [1.82, 2.24) is 14.8 Å². The Kier molecular flexibility index (Phi) is 3.30. The van der Waals surface area contributed by atoms with Crippen LogP contribution in [0.3, 0.4) is 0 Å². The monoisotopic (exact) mass is 228 g/mol. The van der Waals surface area contributed by atoms with Gasteiger partial charge in [-0.1, -0.05) is 24.3 Å². The molecule has 1 aromatic heterocycles. The summed E-state index contributed by atoms with van der Waals surface area (Å²) in [4.78, 5) is 15.8. The van der Waals surface area contributed by atoms with Gasteiger partial charge in [0.05, 0.1) is 0 Å². The van der Waals surface area contributed by atoms with Crippen LogP contribution in [0.25, 0.3) is 6.20 Å². The van der Waals surface area contributed by atoms with Gasteiger partial charge >= 0.3 is 0 Å². The number of anilines is 1. The van der Waals surface area contributed by atoms with E-state index in [1.165, 1.54) is 11.0 Å². The molecule has 5 heteroatoms. The van der Waals surface area contributed by atoms with E-state index in [9.17, 15) is 4.79 Å². The topological polar surface area (TPSA) is 59.8 Å². The molecule has 0 radical (unpaired) electrons. The highest BCUT2D eigenvalue weighted by Gasteiger charge is 2.12. The number of rotatable bonds is 3. The molecule has 0 fully saturated rings. The minimum atomic E-state index is -0.285. The third-order valence-electron chi connectivity index (χ3n) is 2.10. The molecule has 0 saturated heterocycles. The Morgan fingerprint density at radius 2 is 2.12 bits per heavy atom. The van der Waals surface area contributed by atoms with E-state index >= 15 is 0 Å². The summed E-state index contributed by atoms with van der Waals surface area (Å²) in [6, 6.07) is 9.22. The van der Waals surface area contributed by atoms with Crippen LogP contribution in [-0.2, 0) is 0 Å². The fourth-order valence-electron chi connectivity index (χ4n) is 1.37. The van der Waals surface area contributed by atoms with Crippen LogP contribution in [0.4, 0.5) is 5.69 Å². The van der Waals surface area contributed by atoms with Gasteiger partial charge < -0.3 is 5.32 Å². The van der Waals surface area contributed by atoms with Crippen LogP contribution in [0.2, 0.25) is 0 Å². The number of hydrogen-bond donors (Lipinski definition) is 1. The Hall–Kier alpha value is -2.43. The average molecular weight is 228 g/mol. The minimum absolute atomic E-state index is 0.256. The molecular weight excluding hydrogens is 216 g/mol. The van der Waals surface area contributed by atoms with Gasteiger partial charge in [-0.2, -0.15) is 5.10 Å². The lowest BCUT2D eigenvalue weighted by Gasteiger charge is -2.03. The van der Waals surface area contributed by atoms with Crippen LogP contribution in [0.15, 0.2) is 42.7 Å². The number of carbonyl (C=O) groups is 1. The lowest BCUT2D eigenvalue weighted by molar-refractivity contribution is 0.101. The molecule has 0 saturated carbocycles. The third kappa shape index (κ3) is 2.57. The number of allylic oxidation sites excluding steroid dienone is 1. The van der Waals surface area contributed by atoms with Gasteiger partial charge in [-0.05, 0) is 19.1 Å². The van der Waals surface area contributed by atoms with Gasteiger partial charge in [0, 0.05) is 11.9 Å². The van der Waals surface area contributed by atoms with E-state index in [2.05, 4.69) is 15.4 Å². The fourth-order valence-corrected chi connectivity index (χ4v) is 1.37. The van der Waals surface area contributed by atoms with Crippen molar-refractivity contribution in [2.24, 2.45) is 0 Å². The van der Waals surface area contributed by atoms with Crippen molar-refractivity contribution in [3.05, 3.63) is 48.6 Å². The predicted molar refractivity (Wildman–Crippen MR) is 65.4 cm³/mol. The maximum absolute atomic E-state index is 11.9. The highest BCUT2D eigenvalue weighted by molar-refractivity contribution is 6.01. The van der Waals surface area contributed by atoms with E-state index in [1.54, 1.807) is 12.3 Å². The van der Waals surface area contributed by atoms with Crippen molar-refractivity contribution in [1.29, 1.82) is 0 Å². The summed E-state index contributed by atoms with van der Waals surface area (Å²) < 4.78 is 1.43. The Balaban J connectivity index is 2.18. The van der Waals surface area contributed by atoms with E-state index in [-0.39, 0.29) is 11.7 Å². The van der Waals surface area contributed by atoms with Gasteiger partial charge in [0.15, 0.2) is 0 Å². The van der Waals surface area contributed by atoms with Crippen molar-refractivity contribution >= 4 is 17.8 Å². The molecule has 1 amide bonds. The zero-order valence-corrected chi connectivity index (χ0v) is 9.37. The standard InChI is InChI=1S/C12H12N4O/c1-2-8-16-11(13-9-14-16)12(17)15-10-6-4-3-5-7-10/h2-9H,1H3,(H,15,17)/b8-2+. The number of hydrogen-bond acceptors (Lipinski definition) is 3. The maximum atomic E-state index is 11.9. The zero-order chi connectivity index (χ0) is 12.1. The molecule has 1 N–H and O–H groups in total. The molecule has 1 heterocycles. The lowest BCUT2D eigenvalue weighted by atomic mass is 10.3. The number of benzene rings is 1. The zero-order valence-electron chi connectivity index (χ0n) is 9.37. The molecule has 17 heavy (non-hydrogen) atoms.